The molecule has 0 spiro atoms. The highest BCUT2D eigenvalue weighted by Crippen LogP contribution is 2.25. The molecule has 0 saturated carbocycles. The van der Waals surface area contributed by atoms with Crippen LogP contribution < -0.4 is 4.90 Å². The molecular formula is C14H16FN3O5. The number of anilines is 1. The summed E-state index contributed by atoms with van der Waals surface area (Å²) in [5.41, 5.74) is -0.224. The number of amides is 1. The average Bonchev–Trinajstić information content (AvgIpc) is 2.49. The van der Waals surface area contributed by atoms with Crippen molar-refractivity contribution in [3.63, 3.8) is 0 Å². The third kappa shape index (κ3) is 3.93. The smallest absolute Gasteiger partial charge is 0.325 e. The first-order chi connectivity index (χ1) is 10.9. The number of halogens is 1. The fourth-order valence-corrected chi connectivity index (χ4v) is 2.31. The maximum Gasteiger partial charge on any atom is 0.325 e. The fraction of sp³-hybridized carbons (Fsp3) is 0.429. The highest BCUT2D eigenvalue weighted by atomic mass is 19.1. The van der Waals surface area contributed by atoms with Gasteiger partial charge in [-0.05, 0) is 13.0 Å². The molecule has 1 heterocycles. The van der Waals surface area contributed by atoms with Crippen LogP contribution in [-0.4, -0.2) is 54.5 Å². The molecule has 0 radical (unpaired) electrons. The zero-order valence-corrected chi connectivity index (χ0v) is 12.5. The number of carbonyl (C=O) groups is 2. The minimum Gasteiger partial charge on any atom is -0.465 e. The van der Waals surface area contributed by atoms with Gasteiger partial charge in [0.1, 0.15) is 6.54 Å². The number of hydrogen-bond acceptors (Lipinski definition) is 6. The van der Waals surface area contributed by atoms with Gasteiger partial charge in [-0.15, -0.1) is 0 Å². The minimum absolute atomic E-state index is 0.103. The maximum atomic E-state index is 14.0. The Morgan fingerprint density at radius 2 is 2.17 bits per heavy atom. The normalized spacial score (nSPS) is 14.8. The number of esters is 1. The van der Waals surface area contributed by atoms with Crippen LogP contribution >= 0.6 is 0 Å². The van der Waals surface area contributed by atoms with E-state index >= 15 is 0 Å². The van der Waals surface area contributed by atoms with E-state index in [1.165, 1.54) is 21.9 Å². The minimum atomic E-state index is -0.758. The topological polar surface area (TPSA) is 93.0 Å². The predicted molar refractivity (Wildman–Crippen MR) is 78.5 cm³/mol. The Morgan fingerprint density at radius 1 is 1.43 bits per heavy atom. The summed E-state index contributed by atoms with van der Waals surface area (Å²) in [4.78, 5) is 36.2. The lowest BCUT2D eigenvalue weighted by Crippen LogP contribution is -2.52. The summed E-state index contributed by atoms with van der Waals surface area (Å²) in [6.45, 7) is 2.24. The number of hydrogen-bond donors (Lipinski definition) is 0. The molecule has 9 heteroatoms. The number of ether oxygens (including phenoxy) is 1. The highest BCUT2D eigenvalue weighted by Gasteiger charge is 2.27. The van der Waals surface area contributed by atoms with Crippen molar-refractivity contribution in [2.75, 3.05) is 37.7 Å². The summed E-state index contributed by atoms with van der Waals surface area (Å²) in [5.74, 6) is -1.58. The lowest BCUT2D eigenvalue weighted by atomic mass is 10.2. The quantitative estimate of drug-likeness (QED) is 0.454. The summed E-state index contributed by atoms with van der Waals surface area (Å²) in [6.07, 6.45) is 0. The van der Waals surface area contributed by atoms with Gasteiger partial charge in [0.15, 0.2) is 5.82 Å². The van der Waals surface area contributed by atoms with Crippen molar-refractivity contribution in [1.29, 1.82) is 0 Å². The van der Waals surface area contributed by atoms with Crippen LogP contribution in [0.25, 0.3) is 0 Å². The first-order valence-electron chi connectivity index (χ1n) is 7.04. The third-order valence-corrected chi connectivity index (χ3v) is 3.43. The molecule has 1 aliphatic rings. The Bertz CT molecular complexity index is 637. The summed E-state index contributed by atoms with van der Waals surface area (Å²) < 4.78 is 18.8. The molecule has 23 heavy (non-hydrogen) atoms. The van der Waals surface area contributed by atoms with Crippen LogP contribution in [-0.2, 0) is 14.3 Å². The van der Waals surface area contributed by atoms with E-state index in [2.05, 4.69) is 0 Å². The van der Waals surface area contributed by atoms with Gasteiger partial charge >= 0.3 is 5.97 Å². The van der Waals surface area contributed by atoms with Crippen LogP contribution in [0.5, 0.6) is 0 Å². The summed E-state index contributed by atoms with van der Waals surface area (Å²) >= 11 is 0. The molecule has 0 unspecified atom stereocenters. The van der Waals surface area contributed by atoms with Crippen LogP contribution in [0.3, 0.4) is 0 Å². The molecule has 8 nitrogen and oxygen atoms in total. The number of carbonyl (C=O) groups excluding carboxylic acids is 2. The highest BCUT2D eigenvalue weighted by molar-refractivity contribution is 5.86. The van der Waals surface area contributed by atoms with Gasteiger partial charge < -0.3 is 14.5 Å². The van der Waals surface area contributed by atoms with Crippen molar-refractivity contribution in [2.45, 2.75) is 6.92 Å². The molecule has 1 aromatic carbocycles. The predicted octanol–water partition coefficient (Wildman–Crippen LogP) is 0.946. The second-order valence-electron chi connectivity index (χ2n) is 4.93. The standard InChI is InChI=1S/C14H16FN3O5/c1-2-23-14(20)9-17-6-5-16(8-13(17)19)12-4-3-10(18(21)22)7-11(12)15/h3-4,7H,2,5-6,8-9H2,1H3. The third-order valence-electron chi connectivity index (χ3n) is 3.43. The molecular weight excluding hydrogens is 309 g/mol. The number of benzene rings is 1. The molecule has 0 N–H and O–H groups in total. The number of non-ortho nitro benzene ring substituents is 1. The van der Waals surface area contributed by atoms with Crippen LogP contribution in [0.1, 0.15) is 6.92 Å². The van der Waals surface area contributed by atoms with Gasteiger partial charge in [-0.2, -0.15) is 0 Å². The van der Waals surface area contributed by atoms with Crippen molar-refractivity contribution >= 4 is 23.3 Å². The van der Waals surface area contributed by atoms with Crippen LogP contribution in [0, 0.1) is 15.9 Å². The van der Waals surface area contributed by atoms with Gasteiger partial charge in [-0.25, -0.2) is 4.39 Å². The Labute approximate surface area is 131 Å². The Hall–Kier alpha value is -2.71. The van der Waals surface area contributed by atoms with E-state index in [-0.39, 0.29) is 43.5 Å². The van der Waals surface area contributed by atoms with Crippen LogP contribution in [0.2, 0.25) is 0 Å². The van der Waals surface area contributed by atoms with E-state index < -0.39 is 16.7 Å². The molecule has 1 aromatic rings. The number of rotatable bonds is 5. The maximum absolute atomic E-state index is 14.0. The van der Waals surface area contributed by atoms with E-state index in [4.69, 9.17) is 4.74 Å². The molecule has 1 aliphatic heterocycles. The Balaban J connectivity index is 2.04. The second kappa shape index (κ2) is 7.03. The van der Waals surface area contributed by atoms with Gasteiger partial charge in [0.25, 0.3) is 5.69 Å². The fourth-order valence-electron chi connectivity index (χ4n) is 2.31. The molecule has 1 amide bonds. The molecule has 2 rings (SSSR count). The lowest BCUT2D eigenvalue weighted by molar-refractivity contribution is -0.385. The molecule has 0 aliphatic carbocycles. The van der Waals surface area contributed by atoms with Gasteiger partial charge in [0, 0.05) is 19.2 Å². The monoisotopic (exact) mass is 325 g/mol. The summed E-state index contributed by atoms with van der Waals surface area (Å²) in [7, 11) is 0. The summed E-state index contributed by atoms with van der Waals surface area (Å²) in [5, 5.41) is 10.6. The van der Waals surface area contributed by atoms with Gasteiger partial charge in [-0.3, -0.25) is 19.7 Å². The van der Waals surface area contributed by atoms with E-state index in [0.29, 0.717) is 6.54 Å². The van der Waals surface area contributed by atoms with Crippen molar-refractivity contribution in [3.8, 4) is 0 Å². The lowest BCUT2D eigenvalue weighted by Gasteiger charge is -2.35. The van der Waals surface area contributed by atoms with Crippen molar-refractivity contribution in [1.82, 2.24) is 4.90 Å². The van der Waals surface area contributed by atoms with Crippen molar-refractivity contribution < 1.29 is 23.6 Å². The number of nitrogens with zero attached hydrogens (tertiary/aromatic N) is 3. The van der Waals surface area contributed by atoms with E-state index in [0.717, 1.165) is 6.07 Å². The largest absolute Gasteiger partial charge is 0.465 e. The zero-order chi connectivity index (χ0) is 17.0. The SMILES string of the molecule is CCOC(=O)CN1CCN(c2ccc([N+](=O)[O-])cc2F)CC1=O. The van der Waals surface area contributed by atoms with Gasteiger partial charge in [0.2, 0.25) is 5.91 Å². The molecule has 0 bridgehead atoms. The van der Waals surface area contributed by atoms with Crippen molar-refractivity contribution in [2.24, 2.45) is 0 Å². The zero-order valence-electron chi connectivity index (χ0n) is 12.5. The molecule has 1 saturated heterocycles. The van der Waals surface area contributed by atoms with Crippen LogP contribution in [0.15, 0.2) is 18.2 Å². The number of nitro benzene ring substituents is 1. The molecule has 0 atom stereocenters. The summed E-state index contributed by atoms with van der Waals surface area (Å²) in [6, 6.07) is 3.29. The van der Waals surface area contributed by atoms with E-state index in [1.807, 2.05) is 0 Å². The van der Waals surface area contributed by atoms with E-state index in [9.17, 15) is 24.1 Å². The molecule has 0 aromatic heterocycles. The Kier molecular flexibility index (Phi) is 5.09. The number of piperazine rings is 1. The molecule has 1 fully saturated rings. The van der Waals surface area contributed by atoms with Crippen LogP contribution in [0.4, 0.5) is 15.8 Å². The van der Waals surface area contributed by atoms with E-state index in [1.54, 1.807) is 6.92 Å². The molecule has 124 valence electrons. The van der Waals surface area contributed by atoms with Crippen molar-refractivity contribution in [3.05, 3.63) is 34.1 Å². The number of nitro groups is 1. The first-order valence-corrected chi connectivity index (χ1v) is 7.04. The Morgan fingerprint density at radius 3 is 2.74 bits per heavy atom. The average molecular weight is 325 g/mol. The van der Waals surface area contributed by atoms with Gasteiger partial charge in [0.05, 0.1) is 29.8 Å². The van der Waals surface area contributed by atoms with Gasteiger partial charge in [-0.1, -0.05) is 0 Å². The first kappa shape index (κ1) is 16.7. The second-order valence-corrected chi connectivity index (χ2v) is 4.93.